The van der Waals surface area contributed by atoms with Crippen LogP contribution in [0.15, 0.2) is 59.5 Å². The van der Waals surface area contributed by atoms with Gasteiger partial charge in [0.25, 0.3) is 0 Å². The number of nitrogens with one attached hydrogen (secondary N) is 2. The van der Waals surface area contributed by atoms with Crippen molar-refractivity contribution >= 4 is 15.9 Å². The van der Waals surface area contributed by atoms with E-state index < -0.39 is 39.1 Å². The second kappa shape index (κ2) is 8.87. The highest BCUT2D eigenvalue weighted by Gasteiger charge is 2.31. The zero-order valence-corrected chi connectivity index (χ0v) is 14.8. The fourth-order valence-corrected chi connectivity index (χ4v) is 3.05. The fourth-order valence-electron chi connectivity index (χ4n) is 2.02. The third kappa shape index (κ3) is 6.57. The minimum Gasteiger partial charge on any atom is -0.492 e. The number of amides is 1. The molecule has 10 heteroatoms. The van der Waals surface area contributed by atoms with Crippen LogP contribution in [0.1, 0.15) is 5.56 Å². The molecule has 2 aromatic carbocycles. The Bertz CT molecular complexity index is 871. The summed E-state index contributed by atoms with van der Waals surface area (Å²) >= 11 is 0. The molecule has 2 rings (SSSR count). The second-order valence-corrected chi connectivity index (χ2v) is 7.13. The molecule has 0 bridgehead atoms. The van der Waals surface area contributed by atoms with Crippen molar-refractivity contribution in [2.24, 2.45) is 0 Å². The number of para-hydroxylation sites is 1. The lowest BCUT2D eigenvalue weighted by atomic mass is 10.2. The van der Waals surface area contributed by atoms with Crippen molar-refractivity contribution in [3.63, 3.8) is 0 Å². The average molecular weight is 402 g/mol. The average Bonchev–Trinajstić information content (AvgIpc) is 2.64. The first-order chi connectivity index (χ1) is 12.7. The van der Waals surface area contributed by atoms with E-state index in [2.05, 4.69) is 5.32 Å². The number of sulfonamides is 1. The summed E-state index contributed by atoms with van der Waals surface area (Å²) in [5.41, 5.74) is -1.09. The maximum Gasteiger partial charge on any atom is 0.416 e. The van der Waals surface area contributed by atoms with Crippen molar-refractivity contribution in [3.05, 3.63) is 60.2 Å². The van der Waals surface area contributed by atoms with Gasteiger partial charge < -0.3 is 10.1 Å². The third-order valence-corrected chi connectivity index (χ3v) is 4.73. The topological polar surface area (TPSA) is 84.5 Å². The molecule has 0 saturated carbocycles. The summed E-state index contributed by atoms with van der Waals surface area (Å²) in [7, 11) is -4.25. The molecule has 2 N–H and O–H groups in total. The van der Waals surface area contributed by atoms with Gasteiger partial charge in [-0.15, -0.1) is 0 Å². The lowest BCUT2D eigenvalue weighted by molar-refractivity contribution is -0.137. The van der Waals surface area contributed by atoms with Gasteiger partial charge in [0, 0.05) is 0 Å². The number of rotatable bonds is 8. The van der Waals surface area contributed by atoms with Gasteiger partial charge in [0.1, 0.15) is 12.4 Å². The molecule has 1 amide bonds. The van der Waals surface area contributed by atoms with Crippen LogP contribution < -0.4 is 14.8 Å². The maximum atomic E-state index is 12.7. The highest BCUT2D eigenvalue weighted by atomic mass is 32.2. The van der Waals surface area contributed by atoms with E-state index in [9.17, 15) is 26.4 Å². The summed E-state index contributed by atoms with van der Waals surface area (Å²) < 4.78 is 69.4. The molecule has 0 saturated heterocycles. The number of hydrogen-bond donors (Lipinski definition) is 2. The molecule has 0 unspecified atom stereocenters. The van der Waals surface area contributed by atoms with E-state index in [-0.39, 0.29) is 13.2 Å². The molecule has 0 aliphatic carbocycles. The number of benzene rings is 2. The summed E-state index contributed by atoms with van der Waals surface area (Å²) in [6, 6.07) is 12.2. The minimum absolute atomic E-state index is 0.138. The van der Waals surface area contributed by atoms with Crippen LogP contribution in [0.4, 0.5) is 13.2 Å². The Balaban J connectivity index is 1.81. The van der Waals surface area contributed by atoms with E-state index in [4.69, 9.17) is 4.74 Å². The summed E-state index contributed by atoms with van der Waals surface area (Å²) in [4.78, 5) is 11.1. The zero-order valence-electron chi connectivity index (χ0n) is 14.0. The third-order valence-electron chi connectivity index (χ3n) is 3.33. The number of carbonyl (C=O) groups is 1. The molecule has 0 atom stereocenters. The zero-order chi connectivity index (χ0) is 19.9. The van der Waals surface area contributed by atoms with E-state index in [1.165, 1.54) is 0 Å². The van der Waals surface area contributed by atoms with Crippen LogP contribution in [0.2, 0.25) is 0 Å². The predicted molar refractivity (Wildman–Crippen MR) is 91.6 cm³/mol. The molecule has 0 heterocycles. The number of ether oxygens (including phenoxy) is 1. The van der Waals surface area contributed by atoms with Crippen LogP contribution in [-0.2, 0) is 21.0 Å². The van der Waals surface area contributed by atoms with Gasteiger partial charge in [-0.2, -0.15) is 13.2 Å². The molecule has 2 aromatic rings. The molecule has 146 valence electrons. The number of halogens is 3. The van der Waals surface area contributed by atoms with E-state index in [0.29, 0.717) is 11.8 Å². The highest BCUT2D eigenvalue weighted by Crippen LogP contribution is 2.30. The Kier molecular flexibility index (Phi) is 6.81. The largest absolute Gasteiger partial charge is 0.492 e. The Hall–Kier alpha value is -2.59. The van der Waals surface area contributed by atoms with E-state index in [1.54, 1.807) is 24.3 Å². The van der Waals surface area contributed by atoms with Crippen LogP contribution in [0.5, 0.6) is 5.75 Å². The molecule has 0 fully saturated rings. The first kappa shape index (κ1) is 20.7. The van der Waals surface area contributed by atoms with E-state index in [1.807, 2.05) is 10.8 Å². The van der Waals surface area contributed by atoms with Crippen molar-refractivity contribution < 1.29 is 31.1 Å². The molecular formula is C17H17F3N2O4S. The molecule has 0 aliphatic rings. The van der Waals surface area contributed by atoms with Crippen molar-refractivity contribution in [3.8, 4) is 5.75 Å². The normalized spacial score (nSPS) is 11.8. The summed E-state index contributed by atoms with van der Waals surface area (Å²) in [5, 5.41) is 2.44. The van der Waals surface area contributed by atoms with Crippen molar-refractivity contribution in [2.75, 3.05) is 19.7 Å². The smallest absolute Gasteiger partial charge is 0.416 e. The molecule has 6 nitrogen and oxygen atoms in total. The number of alkyl halides is 3. The first-order valence-corrected chi connectivity index (χ1v) is 9.28. The summed E-state index contributed by atoms with van der Waals surface area (Å²) in [5.74, 6) is -0.0146. The Morgan fingerprint density at radius 2 is 1.74 bits per heavy atom. The summed E-state index contributed by atoms with van der Waals surface area (Å²) in [6.07, 6.45) is -4.67. The van der Waals surface area contributed by atoms with Gasteiger partial charge >= 0.3 is 6.18 Å². The highest BCUT2D eigenvalue weighted by molar-refractivity contribution is 7.89. The Labute approximate surface area is 154 Å². The number of hydrogen-bond acceptors (Lipinski definition) is 4. The molecule has 0 spiro atoms. The van der Waals surface area contributed by atoms with Crippen LogP contribution in [0.3, 0.4) is 0 Å². The first-order valence-electron chi connectivity index (χ1n) is 7.80. The second-order valence-electron chi connectivity index (χ2n) is 5.36. The molecule has 0 aromatic heterocycles. The van der Waals surface area contributed by atoms with Crippen LogP contribution >= 0.6 is 0 Å². The predicted octanol–water partition coefficient (Wildman–Crippen LogP) is 2.18. The van der Waals surface area contributed by atoms with Crippen molar-refractivity contribution in [1.29, 1.82) is 0 Å². The van der Waals surface area contributed by atoms with Crippen molar-refractivity contribution in [1.82, 2.24) is 10.0 Å². The van der Waals surface area contributed by atoms with Crippen LogP contribution in [0, 0.1) is 0 Å². The minimum atomic E-state index is -4.67. The number of carbonyl (C=O) groups excluding carboxylic acids is 1. The van der Waals surface area contributed by atoms with Gasteiger partial charge in [-0.05, 0) is 30.3 Å². The maximum absolute atomic E-state index is 12.7. The van der Waals surface area contributed by atoms with Gasteiger partial charge in [-0.25, -0.2) is 13.1 Å². The lowest BCUT2D eigenvalue weighted by Gasteiger charge is -2.11. The van der Waals surface area contributed by atoms with Gasteiger partial charge in [0.2, 0.25) is 15.9 Å². The molecule has 0 aliphatic heterocycles. The molecule has 0 radical (unpaired) electrons. The Morgan fingerprint density at radius 3 is 2.41 bits per heavy atom. The van der Waals surface area contributed by atoms with E-state index >= 15 is 0 Å². The monoisotopic (exact) mass is 402 g/mol. The van der Waals surface area contributed by atoms with Gasteiger partial charge in [0.05, 0.1) is 23.5 Å². The Morgan fingerprint density at radius 1 is 1.04 bits per heavy atom. The van der Waals surface area contributed by atoms with Gasteiger partial charge in [-0.3, -0.25) is 4.79 Å². The van der Waals surface area contributed by atoms with E-state index in [0.717, 1.165) is 18.2 Å². The SMILES string of the molecule is O=C(CNS(=O)(=O)c1cccc(C(F)(F)F)c1)NCCOc1ccccc1. The van der Waals surface area contributed by atoms with Crippen LogP contribution in [0.25, 0.3) is 0 Å². The fraction of sp³-hybridized carbons (Fsp3) is 0.235. The standard InChI is InChI=1S/C17H17F3N2O4S/c18-17(19,20)13-5-4-8-15(11-13)27(24,25)22-12-16(23)21-9-10-26-14-6-2-1-3-7-14/h1-8,11,22H,9-10,12H2,(H,21,23). The molecular weight excluding hydrogens is 385 g/mol. The summed E-state index contributed by atoms with van der Waals surface area (Å²) in [6.45, 7) is -0.293. The van der Waals surface area contributed by atoms with Crippen LogP contribution in [-0.4, -0.2) is 34.0 Å². The molecule has 27 heavy (non-hydrogen) atoms. The van der Waals surface area contributed by atoms with Crippen molar-refractivity contribution in [2.45, 2.75) is 11.1 Å². The lowest BCUT2D eigenvalue weighted by Crippen LogP contribution is -2.38. The quantitative estimate of drug-likeness (QED) is 0.663. The van der Waals surface area contributed by atoms with Gasteiger partial charge in [0.15, 0.2) is 0 Å². The van der Waals surface area contributed by atoms with Gasteiger partial charge in [-0.1, -0.05) is 24.3 Å².